The number of rotatable bonds is 5. The van der Waals surface area contributed by atoms with Gasteiger partial charge in [-0.25, -0.2) is 9.40 Å². The van der Waals surface area contributed by atoms with Gasteiger partial charge >= 0.3 is 0 Å². The highest BCUT2D eigenvalue weighted by Gasteiger charge is 2.36. The maximum absolute atomic E-state index is 14.1. The molecule has 0 saturated carbocycles. The number of amidine groups is 1. The van der Waals surface area contributed by atoms with Gasteiger partial charge in [-0.3, -0.25) is 25.2 Å². The monoisotopic (exact) mass is 491 g/mol. The normalized spacial score (nSPS) is 16.5. The van der Waals surface area contributed by atoms with E-state index in [1.807, 2.05) is 0 Å². The number of hydrazone groups is 1. The second-order valence-electron chi connectivity index (χ2n) is 7.64. The average Bonchev–Trinajstić information content (AvgIpc) is 2.87. The molecule has 3 aromatic carbocycles. The van der Waals surface area contributed by atoms with Crippen LogP contribution in [0.3, 0.4) is 0 Å². The number of nitro benzene ring substituents is 1. The molecule has 3 aromatic rings. The third-order valence-corrected chi connectivity index (χ3v) is 6.45. The van der Waals surface area contributed by atoms with Gasteiger partial charge in [0.15, 0.2) is 11.3 Å². The predicted octanol–water partition coefficient (Wildman–Crippen LogP) is 2.82. The van der Waals surface area contributed by atoms with E-state index in [-0.39, 0.29) is 28.1 Å². The minimum absolute atomic E-state index is 0.143. The SMILES string of the molecule is COc1ccc([N+](=O)[O-])cc1[C@@H]1N=c2ccccc2=C2C(=O)NC(SCc3ccccc3F)=NN21. The molecule has 2 aliphatic heterocycles. The van der Waals surface area contributed by atoms with Crippen LogP contribution in [0.25, 0.3) is 5.70 Å². The minimum atomic E-state index is -0.898. The number of hydrogen-bond acceptors (Lipinski definition) is 8. The van der Waals surface area contributed by atoms with Crippen LogP contribution in [-0.2, 0) is 10.5 Å². The van der Waals surface area contributed by atoms with E-state index in [4.69, 9.17) is 9.73 Å². The number of ether oxygens (including phenoxy) is 1. The van der Waals surface area contributed by atoms with Crippen LogP contribution in [0.1, 0.15) is 17.3 Å². The van der Waals surface area contributed by atoms with E-state index in [9.17, 15) is 19.3 Å². The smallest absolute Gasteiger partial charge is 0.276 e. The molecule has 2 aliphatic rings. The van der Waals surface area contributed by atoms with Gasteiger partial charge in [0.05, 0.1) is 17.4 Å². The van der Waals surface area contributed by atoms with Crippen LogP contribution in [0.15, 0.2) is 76.8 Å². The molecule has 1 N–H and O–H groups in total. The Labute approximate surface area is 202 Å². The van der Waals surface area contributed by atoms with E-state index >= 15 is 0 Å². The Morgan fingerprint density at radius 2 is 1.94 bits per heavy atom. The Balaban J connectivity index is 1.62. The van der Waals surface area contributed by atoms with Gasteiger partial charge in [0.25, 0.3) is 11.6 Å². The van der Waals surface area contributed by atoms with Crippen LogP contribution in [0.2, 0.25) is 0 Å². The minimum Gasteiger partial charge on any atom is -0.496 e. The summed E-state index contributed by atoms with van der Waals surface area (Å²) < 4.78 is 19.5. The van der Waals surface area contributed by atoms with E-state index < -0.39 is 17.0 Å². The number of nitro groups is 1. The molecular formula is C24H18FN5O4S. The Morgan fingerprint density at radius 1 is 1.17 bits per heavy atom. The van der Waals surface area contributed by atoms with Gasteiger partial charge in [-0.15, -0.1) is 5.10 Å². The largest absolute Gasteiger partial charge is 0.496 e. The summed E-state index contributed by atoms with van der Waals surface area (Å²) in [4.78, 5) is 29.0. The first-order valence-electron chi connectivity index (χ1n) is 10.5. The fourth-order valence-electron chi connectivity index (χ4n) is 3.89. The third-order valence-electron chi connectivity index (χ3n) is 5.54. The second kappa shape index (κ2) is 9.18. The van der Waals surface area contributed by atoms with Crippen molar-refractivity contribution in [1.29, 1.82) is 0 Å². The molecule has 0 saturated heterocycles. The number of nitrogens with zero attached hydrogens (tertiary/aromatic N) is 4. The van der Waals surface area contributed by atoms with E-state index in [0.29, 0.717) is 27.5 Å². The number of hydrogen-bond donors (Lipinski definition) is 1. The number of halogens is 1. The number of para-hydroxylation sites is 1. The summed E-state index contributed by atoms with van der Waals surface area (Å²) in [5.74, 6) is -0.151. The van der Waals surface area contributed by atoms with Crippen LogP contribution < -0.4 is 20.6 Å². The fourth-order valence-corrected chi connectivity index (χ4v) is 4.73. The molecule has 0 fully saturated rings. The van der Waals surface area contributed by atoms with Gasteiger partial charge in [-0.05, 0) is 23.8 Å². The Bertz CT molecular complexity index is 1510. The Hall–Kier alpha value is -4.25. The maximum atomic E-state index is 14.1. The first kappa shape index (κ1) is 22.5. The van der Waals surface area contributed by atoms with E-state index in [0.717, 1.165) is 11.8 Å². The maximum Gasteiger partial charge on any atom is 0.276 e. The first-order valence-corrected chi connectivity index (χ1v) is 11.5. The molecule has 11 heteroatoms. The lowest BCUT2D eigenvalue weighted by Crippen LogP contribution is -2.50. The van der Waals surface area contributed by atoms with E-state index in [1.165, 1.54) is 36.4 Å². The van der Waals surface area contributed by atoms with Crippen LogP contribution in [-0.4, -0.2) is 28.1 Å². The van der Waals surface area contributed by atoms with E-state index in [1.54, 1.807) is 42.5 Å². The van der Waals surface area contributed by atoms with Gasteiger partial charge in [0.2, 0.25) is 0 Å². The number of fused-ring (bicyclic) bond motifs is 2. The molecule has 0 aromatic heterocycles. The van der Waals surface area contributed by atoms with Crippen molar-refractivity contribution in [3.8, 4) is 5.75 Å². The zero-order valence-corrected chi connectivity index (χ0v) is 19.2. The molecule has 0 spiro atoms. The van der Waals surface area contributed by atoms with Crippen molar-refractivity contribution >= 4 is 34.2 Å². The summed E-state index contributed by atoms with van der Waals surface area (Å²) in [6.07, 6.45) is -0.898. The first-order chi connectivity index (χ1) is 17.0. The number of carbonyl (C=O) groups is 1. The highest BCUT2D eigenvalue weighted by atomic mass is 32.2. The molecule has 35 heavy (non-hydrogen) atoms. The highest BCUT2D eigenvalue weighted by molar-refractivity contribution is 8.13. The molecule has 0 radical (unpaired) electrons. The predicted molar refractivity (Wildman–Crippen MR) is 128 cm³/mol. The summed E-state index contributed by atoms with van der Waals surface area (Å²) in [5, 5.41) is 21.6. The van der Waals surface area contributed by atoms with Gasteiger partial charge in [0.1, 0.15) is 17.3 Å². The lowest BCUT2D eigenvalue weighted by Gasteiger charge is -2.34. The number of carbonyl (C=O) groups excluding carboxylic acids is 1. The third kappa shape index (κ3) is 4.21. The van der Waals surface area contributed by atoms with Crippen molar-refractivity contribution in [2.24, 2.45) is 10.1 Å². The summed E-state index contributed by atoms with van der Waals surface area (Å²) in [6.45, 7) is 0. The number of non-ortho nitro benzene ring substituents is 1. The van der Waals surface area contributed by atoms with E-state index in [2.05, 4.69) is 10.4 Å². The highest BCUT2D eigenvalue weighted by Crippen LogP contribution is 2.37. The van der Waals surface area contributed by atoms with Gasteiger partial charge in [-0.2, -0.15) is 0 Å². The standard InChI is InChI=1S/C24H18FN5O4S/c1-34-20-11-10-15(30(32)33)12-17(20)22-26-19-9-5-3-7-16(19)21-23(31)27-24(28-29(21)22)35-13-14-6-2-4-8-18(14)25/h2-12,22H,13H2,1H3,(H,27,28,31)/t22-/m1/s1. The van der Waals surface area contributed by atoms with Gasteiger partial charge in [0, 0.05) is 28.7 Å². The summed E-state index contributed by atoms with van der Waals surface area (Å²) >= 11 is 1.16. The van der Waals surface area contributed by atoms with Crippen molar-refractivity contribution in [2.45, 2.75) is 11.9 Å². The fraction of sp³-hybridized carbons (Fsp3) is 0.125. The second-order valence-corrected chi connectivity index (χ2v) is 8.60. The summed E-state index contributed by atoms with van der Waals surface area (Å²) in [5.41, 5.74) is 0.959. The number of thioether (sulfide) groups is 1. The van der Waals surface area contributed by atoms with Crippen LogP contribution in [0.4, 0.5) is 10.1 Å². The van der Waals surface area contributed by atoms with Crippen LogP contribution >= 0.6 is 11.8 Å². The topological polar surface area (TPSA) is 109 Å². The molecule has 0 bridgehead atoms. The van der Waals surface area contributed by atoms with Crippen molar-refractivity contribution in [3.63, 3.8) is 0 Å². The Morgan fingerprint density at radius 3 is 2.71 bits per heavy atom. The molecular weight excluding hydrogens is 473 g/mol. The molecule has 1 amide bonds. The van der Waals surface area contributed by atoms with Crippen LogP contribution in [0, 0.1) is 15.9 Å². The van der Waals surface area contributed by atoms with Gasteiger partial charge in [-0.1, -0.05) is 48.2 Å². The molecule has 0 unspecified atom stereocenters. The zero-order chi connectivity index (χ0) is 24.5. The lowest BCUT2D eigenvalue weighted by molar-refractivity contribution is -0.385. The van der Waals surface area contributed by atoms with Crippen molar-refractivity contribution < 1.29 is 18.8 Å². The average molecular weight is 492 g/mol. The van der Waals surface area contributed by atoms with Crippen molar-refractivity contribution in [2.75, 3.05) is 7.11 Å². The summed E-state index contributed by atoms with van der Waals surface area (Å²) in [7, 11) is 1.45. The van der Waals surface area contributed by atoms with Crippen molar-refractivity contribution in [1.82, 2.24) is 10.3 Å². The number of benzene rings is 3. The quantitative estimate of drug-likeness (QED) is 0.434. The molecule has 0 aliphatic carbocycles. The molecule has 1 atom stereocenters. The van der Waals surface area contributed by atoms with Crippen LogP contribution in [0.5, 0.6) is 5.75 Å². The van der Waals surface area contributed by atoms with Crippen molar-refractivity contribution in [3.05, 3.63) is 104 Å². The van der Waals surface area contributed by atoms with Gasteiger partial charge < -0.3 is 4.74 Å². The number of methoxy groups -OCH3 is 1. The summed E-state index contributed by atoms with van der Waals surface area (Å²) in [6, 6.07) is 17.7. The molecule has 9 nitrogen and oxygen atoms in total. The number of amides is 1. The molecule has 5 rings (SSSR count). The Kier molecular flexibility index (Phi) is 5.91. The molecule has 2 heterocycles. The molecule has 176 valence electrons. The zero-order valence-electron chi connectivity index (χ0n) is 18.3. The number of nitrogens with one attached hydrogen (secondary N) is 1. The lowest BCUT2D eigenvalue weighted by atomic mass is 10.1.